The monoisotopic (exact) mass is 1770 g/mol. The summed E-state index contributed by atoms with van der Waals surface area (Å²) in [5.41, 5.74) is 11.7. The van der Waals surface area contributed by atoms with Crippen molar-refractivity contribution in [2.24, 2.45) is 17.8 Å². The first-order valence-electron chi connectivity index (χ1n) is 41.6. The molecule has 30 heteroatoms. The number of nitrogens with one attached hydrogen (secondary N) is 1. The Morgan fingerprint density at radius 2 is 0.946 bits per heavy atom. The normalized spacial score (nSPS) is 14.2. The minimum absolute atomic E-state index is 0. The van der Waals surface area contributed by atoms with Crippen molar-refractivity contribution in [3.8, 4) is 36.0 Å². The molecule has 3 aliphatic heterocycles. The highest BCUT2D eigenvalue weighted by Crippen LogP contribution is 2.29. The zero-order chi connectivity index (χ0) is 94.1. The van der Waals surface area contributed by atoms with Gasteiger partial charge < -0.3 is 23.9 Å². The zero-order valence-corrected chi connectivity index (χ0v) is 74.4. The summed E-state index contributed by atoms with van der Waals surface area (Å²) in [6.45, 7) is 24.8. The van der Waals surface area contributed by atoms with Crippen molar-refractivity contribution >= 4 is 116 Å². The first-order chi connectivity index (χ1) is 60.7. The largest absolute Gasteiger partial charge is 0.447 e. The molecule has 2 N–H and O–H groups in total. The summed E-state index contributed by atoms with van der Waals surface area (Å²) in [7, 11) is 23.6. The summed E-state index contributed by atoms with van der Waals surface area (Å²) in [5, 5.41) is 8.80. The van der Waals surface area contributed by atoms with Crippen LogP contribution in [0.3, 0.4) is 0 Å². The van der Waals surface area contributed by atoms with Crippen LogP contribution in [0.2, 0.25) is 0 Å². The van der Waals surface area contributed by atoms with Gasteiger partial charge in [-0.05, 0) is 265 Å². The van der Waals surface area contributed by atoms with Gasteiger partial charge >= 0.3 is 18.3 Å². The molecular formula is C99H116B7ClF4N5O13. The topological polar surface area (TPSA) is 227 Å². The van der Waals surface area contributed by atoms with Crippen LogP contribution in [-0.2, 0) is 87.9 Å². The van der Waals surface area contributed by atoms with Gasteiger partial charge in [-0.15, -0.1) is 26.2 Å². The molecule has 0 aliphatic carbocycles. The molecule has 7 amide bonds. The van der Waals surface area contributed by atoms with Crippen molar-refractivity contribution in [1.82, 2.24) is 25.1 Å². The highest BCUT2D eigenvalue weighted by atomic mass is 35.5. The molecule has 0 bridgehead atoms. The molecule has 3 saturated heterocycles. The highest BCUT2D eigenvalue weighted by molar-refractivity contribution is 7.81. The number of carbonyl (C=O) groups is 9. The average Bonchev–Trinajstić information content (AvgIpc) is 1.67. The molecule has 9 radical (unpaired) electrons. The Labute approximate surface area is 773 Å². The quantitative estimate of drug-likeness (QED) is 0.00440. The number of hydrogen-bond donors (Lipinski definition) is 2. The number of imide groups is 3. The smallest absolute Gasteiger partial charge is 0.416 e. The molecule has 0 aromatic heterocycles. The summed E-state index contributed by atoms with van der Waals surface area (Å²) in [6, 6.07) is 45.0. The van der Waals surface area contributed by atoms with Gasteiger partial charge in [0.25, 0.3) is 0 Å². The fourth-order valence-electron chi connectivity index (χ4n) is 13.8. The van der Waals surface area contributed by atoms with E-state index in [0.29, 0.717) is 117 Å². The Bertz CT molecular complexity index is 4740. The lowest BCUT2D eigenvalue weighted by atomic mass is 8.76. The number of hydrogen-bond acceptors (Lipinski definition) is 14. The van der Waals surface area contributed by atoms with Crippen LogP contribution in [0.4, 0.5) is 31.9 Å². The molecule has 18 nitrogen and oxygen atoms in total. The van der Waals surface area contributed by atoms with E-state index in [4.69, 9.17) is 68.4 Å². The fraction of sp³-hybridized carbons (Fsp3) is 0.364. The molecule has 129 heavy (non-hydrogen) atoms. The van der Waals surface area contributed by atoms with E-state index >= 15 is 0 Å². The molecule has 6 atom stereocenters. The van der Waals surface area contributed by atoms with Gasteiger partial charge in [0.2, 0.25) is 28.9 Å². The first kappa shape index (κ1) is 114. The summed E-state index contributed by atoms with van der Waals surface area (Å²) in [6.07, 6.45) is 15.2. The maximum atomic E-state index is 14.0. The van der Waals surface area contributed by atoms with Crippen LogP contribution in [0.15, 0.2) is 190 Å². The molecule has 7 aromatic rings. The summed E-state index contributed by atoms with van der Waals surface area (Å²) >= 11 is 4.97. The molecule has 3 heterocycles. The number of amides is 7. The van der Waals surface area contributed by atoms with Gasteiger partial charge in [-0.1, -0.05) is 179 Å². The van der Waals surface area contributed by atoms with Crippen LogP contribution in [-0.4, -0.2) is 187 Å². The van der Waals surface area contributed by atoms with Gasteiger partial charge in [-0.2, -0.15) is 0 Å². The van der Waals surface area contributed by atoms with E-state index in [1.807, 2.05) is 98.0 Å². The van der Waals surface area contributed by atoms with Crippen molar-refractivity contribution in [1.29, 1.82) is 0 Å². The van der Waals surface area contributed by atoms with Crippen LogP contribution >= 0.6 is 11.6 Å². The first-order valence-corrected chi connectivity index (χ1v) is 42.0. The van der Waals surface area contributed by atoms with E-state index in [-0.39, 0.29) is 106 Å². The number of cyclic esters (lactones) is 3. The Hall–Kier alpha value is -11.5. The second-order valence-electron chi connectivity index (χ2n) is 30.6. The van der Waals surface area contributed by atoms with Crippen molar-refractivity contribution < 1.29 is 80.1 Å². The van der Waals surface area contributed by atoms with E-state index < -0.39 is 60.3 Å². The summed E-state index contributed by atoms with van der Waals surface area (Å²) < 4.78 is 70.0. The standard InChI is InChI=1S/C24H26FNO3.C23H30F2N2O2.C23H24FNO4.C15H17NO3.C7H4.C5H7ClO.2CH4.B7/c1-4-8-20(13-19-11-16(2)22(25)17(3)12-19)23(27)26-21(15-29-24(26)28)14-18-9-6-5-7-10-18;1-16-13-19(14-17(2)22(16)25)15-20(23(28)26-29)10-12-27(3)11-4-5-18-6-8-21(24)9-7-18;1-15-10-18(11-16(2)21(15)24)12-19(8-9-26)22(27)25-20(14-29-23(25)28)13-17-6-4-3-5-7-17;1-2-3-9-14(17)16-13(11-19-15(16)18)10-12-7-5-4-6-8-12;1-3-5-7-6-4-2;1-2-3-4-5(6)7;;;1-5-7(4)6(2)3/h4-7,9-12,20-21H,1,8,13-15H2,2-3H3;6-9,13-14,20,29H,4-5,10-12,15H2,1-3H3,(H,26,28);3-7,9-11,19-20H,8,12-14H2,1-2H3;2,4-8,13H,1,3,9-11H2;1H,2H3;2H,1,3-4H2;2*1H4;/t20-,21+;20-;19-,20+;13-;;;;;/m0001...../s1. The van der Waals surface area contributed by atoms with Crippen molar-refractivity contribution in [3.63, 3.8) is 0 Å². The lowest BCUT2D eigenvalue weighted by Crippen LogP contribution is -2.44. The SMILES string of the molecule is C.C.C#CC#CC#CC.C=CCCC(=O)Cl.C=CCCC(=O)N1C(=O)OC[C@H]1Cc1ccccc1.C=CC[C@@H](Cc1cc(C)c(F)c(C)c1)C(=O)N1C(=O)OC[C@H]1Cc1ccccc1.Cc1cc(C[C@H](CC=O)C(=O)N2C(=O)OC[C@H]2Cc2ccccc2)cc(C)c1F.Cc1cc(C[C@H](CCN(C)CCCc2ccc(F)cc2)C(=O)NO)cc(C)c1F.[B][B]B([B])B([B])[B]. The number of aldehydes is 1. The van der Waals surface area contributed by atoms with Crippen LogP contribution < -0.4 is 5.48 Å². The summed E-state index contributed by atoms with van der Waals surface area (Å²) in [5.74, 6) is 8.16. The molecule has 0 spiro atoms. The second kappa shape index (κ2) is 61.8. The van der Waals surface area contributed by atoms with E-state index in [2.05, 4.69) is 54.2 Å². The number of aryl methyl sites for hydroxylation is 7. The van der Waals surface area contributed by atoms with Gasteiger partial charge in [0, 0.05) is 87.8 Å². The molecular weight excluding hydrogens is 1650 g/mol. The number of carbonyl (C=O) groups excluding carboxylic acids is 9. The minimum atomic E-state index is -0.708. The van der Waals surface area contributed by atoms with Gasteiger partial charge in [0.1, 0.15) is 49.4 Å². The van der Waals surface area contributed by atoms with Crippen LogP contribution in [0.1, 0.15) is 145 Å². The van der Waals surface area contributed by atoms with E-state index in [1.165, 1.54) is 29.0 Å². The number of allylic oxidation sites excluding steroid dienone is 3. The lowest BCUT2D eigenvalue weighted by molar-refractivity contribution is -0.135. The number of rotatable bonds is 34. The minimum Gasteiger partial charge on any atom is -0.447 e. The van der Waals surface area contributed by atoms with E-state index in [1.54, 1.807) is 121 Å². The Kier molecular flexibility index (Phi) is 54.4. The molecule has 3 fully saturated rings. The van der Waals surface area contributed by atoms with Crippen molar-refractivity contribution in [3.05, 3.63) is 285 Å². The Morgan fingerprint density at radius 1 is 0.566 bits per heavy atom. The number of halogens is 5. The second-order valence-corrected chi connectivity index (χ2v) is 31.0. The molecule has 671 valence electrons. The molecule has 10 rings (SSSR count). The Morgan fingerprint density at radius 3 is 1.28 bits per heavy atom. The van der Waals surface area contributed by atoms with Gasteiger partial charge in [-0.25, -0.2) is 52.1 Å². The lowest BCUT2D eigenvalue weighted by Gasteiger charge is -2.25. The van der Waals surface area contributed by atoms with E-state index in [0.717, 1.165) is 63.2 Å². The maximum Gasteiger partial charge on any atom is 0.416 e. The maximum absolute atomic E-state index is 14.0. The van der Waals surface area contributed by atoms with Gasteiger partial charge in [0.05, 0.1) is 18.1 Å². The molecule has 7 aromatic carbocycles. The Balaban J connectivity index is 0.000000541. The number of hydroxylamine groups is 1. The number of ether oxygens (including phenoxy) is 3. The highest BCUT2D eigenvalue weighted by Gasteiger charge is 2.43. The van der Waals surface area contributed by atoms with Crippen LogP contribution in [0.25, 0.3) is 0 Å². The van der Waals surface area contributed by atoms with Gasteiger partial charge in [0.15, 0.2) is 0 Å². The van der Waals surface area contributed by atoms with E-state index in [9.17, 15) is 60.7 Å². The number of terminal acetylenes is 1. The third-order valence-electron chi connectivity index (χ3n) is 20.4. The fourth-order valence-corrected chi connectivity index (χ4v) is 13.9. The van der Waals surface area contributed by atoms with Crippen LogP contribution in [0.5, 0.6) is 0 Å². The third-order valence-corrected chi connectivity index (χ3v) is 20.6. The number of nitrogens with zero attached hydrogens (tertiary/aromatic N) is 4. The predicted molar refractivity (Wildman–Crippen MR) is 511 cm³/mol. The van der Waals surface area contributed by atoms with Crippen molar-refractivity contribution in [2.75, 3.05) is 40.0 Å². The van der Waals surface area contributed by atoms with Gasteiger partial charge in [-0.3, -0.25) is 29.2 Å². The average molecular weight is 1770 g/mol. The summed E-state index contributed by atoms with van der Waals surface area (Å²) in [4.78, 5) is 114. The molecule has 0 saturated carbocycles. The number of benzene rings is 7. The van der Waals surface area contributed by atoms with Crippen LogP contribution in [0, 0.1) is 119 Å². The van der Waals surface area contributed by atoms with Crippen molar-refractivity contribution in [2.45, 2.75) is 178 Å². The zero-order valence-electron chi connectivity index (χ0n) is 73.6. The third kappa shape index (κ3) is 40.3. The molecule has 0 unspecified atom stereocenters. The molecule has 3 aliphatic rings. The predicted octanol–water partition coefficient (Wildman–Crippen LogP) is 16.3.